The predicted octanol–water partition coefficient (Wildman–Crippen LogP) is 7.38. The maximum absolute atomic E-state index is 2.43. The fourth-order valence-corrected chi connectivity index (χ4v) is 5.67. The number of allylic oxidation sites excluding steroid dienone is 3. The molecule has 7 rings (SSSR count). The van der Waals surface area contributed by atoms with Crippen molar-refractivity contribution in [2.24, 2.45) is 0 Å². The molecule has 0 fully saturated rings. The molecule has 0 N–H and O–H groups in total. The van der Waals surface area contributed by atoms with Gasteiger partial charge in [-0.25, -0.2) is 0 Å². The summed E-state index contributed by atoms with van der Waals surface area (Å²) in [6.45, 7) is 0. The van der Waals surface area contributed by atoms with Crippen molar-refractivity contribution >= 4 is 55.6 Å². The highest BCUT2D eigenvalue weighted by atomic mass is 14.3. The van der Waals surface area contributed by atoms with Gasteiger partial charge in [0.05, 0.1) is 0 Å². The molecule has 0 saturated carbocycles. The third-order valence-corrected chi connectivity index (χ3v) is 6.91. The van der Waals surface area contributed by atoms with Crippen LogP contribution in [0.1, 0.15) is 29.5 Å². The zero-order valence-electron chi connectivity index (χ0n) is 16.7. The van der Waals surface area contributed by atoms with Crippen LogP contribution in [0.4, 0.5) is 0 Å². The van der Waals surface area contributed by atoms with E-state index in [1.807, 2.05) is 0 Å². The fraction of sp³-hybridized carbons (Fsp3) is 0.0667. The first-order chi connectivity index (χ1) is 14.9. The molecule has 0 spiro atoms. The van der Waals surface area contributed by atoms with E-state index in [1.165, 1.54) is 65.4 Å². The minimum Gasteiger partial charge on any atom is -0.0795 e. The number of rotatable bonds is 0. The monoisotopic (exact) mass is 380 g/mol. The van der Waals surface area contributed by atoms with Gasteiger partial charge in [0.1, 0.15) is 0 Å². The number of benzene rings is 5. The van der Waals surface area contributed by atoms with Crippen LogP contribution in [0.15, 0.2) is 84.9 Å². The first kappa shape index (κ1) is 16.2. The average molecular weight is 380 g/mol. The van der Waals surface area contributed by atoms with Crippen molar-refractivity contribution in [2.45, 2.75) is 12.8 Å². The lowest BCUT2D eigenvalue weighted by atomic mass is 9.78. The Balaban J connectivity index is 1.73. The third kappa shape index (κ3) is 2.06. The Morgan fingerprint density at radius 2 is 1.33 bits per heavy atom. The molecule has 5 aromatic rings. The molecular weight excluding hydrogens is 360 g/mol. The predicted molar refractivity (Wildman–Crippen MR) is 130 cm³/mol. The van der Waals surface area contributed by atoms with Crippen LogP contribution < -0.4 is 5.22 Å². The summed E-state index contributed by atoms with van der Waals surface area (Å²) in [5.74, 6) is 0. The van der Waals surface area contributed by atoms with E-state index in [1.54, 1.807) is 0 Å². The van der Waals surface area contributed by atoms with E-state index in [-0.39, 0.29) is 0 Å². The molecule has 0 aliphatic heterocycles. The lowest BCUT2D eigenvalue weighted by Gasteiger charge is -2.25. The smallest absolute Gasteiger partial charge is 0.00263 e. The summed E-state index contributed by atoms with van der Waals surface area (Å²) in [5, 5.41) is 9.66. The summed E-state index contributed by atoms with van der Waals surface area (Å²) in [6.07, 6.45) is 9.01. The Bertz CT molecular complexity index is 1620. The first-order valence-corrected chi connectivity index (χ1v) is 10.7. The van der Waals surface area contributed by atoms with E-state index in [4.69, 9.17) is 0 Å². The molecule has 0 aromatic heterocycles. The van der Waals surface area contributed by atoms with E-state index in [0.29, 0.717) is 0 Å². The van der Waals surface area contributed by atoms with Crippen molar-refractivity contribution in [1.82, 2.24) is 0 Å². The highest BCUT2D eigenvalue weighted by Gasteiger charge is 2.23. The fourth-order valence-electron chi connectivity index (χ4n) is 5.67. The molecule has 30 heavy (non-hydrogen) atoms. The van der Waals surface area contributed by atoms with Crippen LogP contribution in [-0.4, -0.2) is 0 Å². The van der Waals surface area contributed by atoms with Gasteiger partial charge in [-0.2, -0.15) is 0 Å². The second kappa shape index (κ2) is 5.93. The summed E-state index contributed by atoms with van der Waals surface area (Å²) < 4.78 is 0. The first-order valence-electron chi connectivity index (χ1n) is 10.7. The standard InChI is InChI=1S/C30H20/c1-2-12-22-19(7-1)8-3-13-23(22)26-18-17-21-11-5-15-25-24-14-4-9-20-10-6-16-27(28(20)24)30(26)29(21)25/h1-12,14-17H,13,18H2. The number of hydrogen-bond donors (Lipinski definition) is 0. The third-order valence-electron chi connectivity index (χ3n) is 6.91. The Labute approximate surface area is 175 Å². The van der Waals surface area contributed by atoms with Gasteiger partial charge in [-0.15, -0.1) is 0 Å². The summed E-state index contributed by atoms with van der Waals surface area (Å²) in [5.41, 5.74) is 7.15. The summed E-state index contributed by atoms with van der Waals surface area (Å²) in [7, 11) is 0. The van der Waals surface area contributed by atoms with Crippen LogP contribution in [-0.2, 0) is 0 Å². The molecule has 2 aliphatic carbocycles. The van der Waals surface area contributed by atoms with Crippen molar-refractivity contribution in [3.8, 4) is 0 Å². The van der Waals surface area contributed by atoms with Gasteiger partial charge in [0, 0.05) is 0 Å². The Hall–Kier alpha value is -3.64. The number of fused-ring (bicyclic) bond motifs is 3. The van der Waals surface area contributed by atoms with Gasteiger partial charge in [-0.1, -0.05) is 97.1 Å². The van der Waals surface area contributed by atoms with Gasteiger partial charge in [-0.3, -0.25) is 0 Å². The zero-order valence-corrected chi connectivity index (χ0v) is 16.7. The molecule has 0 nitrogen and oxygen atoms in total. The van der Waals surface area contributed by atoms with Gasteiger partial charge in [-0.05, 0) is 78.2 Å². The van der Waals surface area contributed by atoms with Gasteiger partial charge in [0.15, 0.2) is 0 Å². The van der Waals surface area contributed by atoms with E-state index >= 15 is 0 Å². The Kier molecular flexibility index (Phi) is 3.20. The van der Waals surface area contributed by atoms with E-state index in [9.17, 15) is 0 Å². The van der Waals surface area contributed by atoms with Crippen molar-refractivity contribution in [2.75, 3.05) is 0 Å². The maximum atomic E-state index is 2.43. The van der Waals surface area contributed by atoms with E-state index in [0.717, 1.165) is 12.8 Å². The average Bonchev–Trinajstić information content (AvgIpc) is 2.82. The Morgan fingerprint density at radius 3 is 2.23 bits per heavy atom. The van der Waals surface area contributed by atoms with E-state index < -0.39 is 0 Å². The van der Waals surface area contributed by atoms with Crippen molar-refractivity contribution in [1.29, 1.82) is 0 Å². The molecule has 0 atom stereocenters. The Morgan fingerprint density at radius 1 is 0.567 bits per heavy atom. The molecule has 0 unspecified atom stereocenters. The summed E-state index contributed by atoms with van der Waals surface area (Å²) in [4.78, 5) is 0. The van der Waals surface area contributed by atoms with Crippen LogP contribution in [0.25, 0.3) is 55.6 Å². The van der Waals surface area contributed by atoms with Crippen LogP contribution in [0.3, 0.4) is 0 Å². The maximum Gasteiger partial charge on any atom is -0.00263 e. The van der Waals surface area contributed by atoms with Crippen molar-refractivity contribution in [3.63, 3.8) is 0 Å². The minimum atomic E-state index is 0.988. The molecule has 0 saturated heterocycles. The van der Waals surface area contributed by atoms with Gasteiger partial charge in [0.25, 0.3) is 0 Å². The SMILES string of the molecule is C1=Cc2ccccc2C(=C2CC=c3cccc4c3c2c2cccc3cccc4c32)C1. The molecule has 0 radical (unpaired) electrons. The second-order valence-corrected chi connectivity index (χ2v) is 8.41. The molecular formula is C30H20. The quantitative estimate of drug-likeness (QED) is 0.194. The van der Waals surface area contributed by atoms with Crippen LogP contribution in [0, 0.1) is 0 Å². The molecule has 0 heteroatoms. The summed E-state index contributed by atoms with van der Waals surface area (Å²) in [6, 6.07) is 29.2. The summed E-state index contributed by atoms with van der Waals surface area (Å²) >= 11 is 0. The minimum absolute atomic E-state index is 0.988. The lowest BCUT2D eigenvalue weighted by molar-refractivity contribution is 1.33. The highest BCUT2D eigenvalue weighted by molar-refractivity contribution is 6.27. The molecule has 140 valence electrons. The van der Waals surface area contributed by atoms with Crippen molar-refractivity contribution in [3.05, 3.63) is 107 Å². The second-order valence-electron chi connectivity index (χ2n) is 8.41. The van der Waals surface area contributed by atoms with Gasteiger partial charge >= 0.3 is 0 Å². The van der Waals surface area contributed by atoms with Gasteiger partial charge < -0.3 is 0 Å². The van der Waals surface area contributed by atoms with E-state index in [2.05, 4.69) is 97.1 Å². The topological polar surface area (TPSA) is 0 Å². The molecule has 0 amide bonds. The normalized spacial score (nSPS) is 17.5. The lowest BCUT2D eigenvalue weighted by Crippen LogP contribution is -2.11. The van der Waals surface area contributed by atoms with Gasteiger partial charge in [0.2, 0.25) is 0 Å². The molecule has 0 heterocycles. The van der Waals surface area contributed by atoms with Crippen LogP contribution in [0.5, 0.6) is 0 Å². The molecule has 2 aliphatic rings. The molecule has 5 aromatic carbocycles. The van der Waals surface area contributed by atoms with Crippen molar-refractivity contribution < 1.29 is 0 Å². The largest absolute Gasteiger partial charge is 0.0795 e. The number of hydrogen-bond acceptors (Lipinski definition) is 0. The van der Waals surface area contributed by atoms with Crippen LogP contribution in [0.2, 0.25) is 0 Å². The highest BCUT2D eigenvalue weighted by Crippen LogP contribution is 2.45. The van der Waals surface area contributed by atoms with Crippen LogP contribution >= 0.6 is 0 Å². The zero-order chi connectivity index (χ0) is 19.7. The molecule has 0 bridgehead atoms.